The fourth-order valence-electron chi connectivity index (χ4n) is 2.26. The van der Waals surface area contributed by atoms with Crippen molar-refractivity contribution in [3.63, 3.8) is 0 Å². The molecule has 0 amide bonds. The van der Waals surface area contributed by atoms with Gasteiger partial charge in [0.15, 0.2) is 11.0 Å². The maximum Gasteiger partial charge on any atom is 0.406 e. The third-order valence-corrected chi connectivity index (χ3v) is 4.48. The van der Waals surface area contributed by atoms with Gasteiger partial charge in [0.25, 0.3) is 0 Å². The van der Waals surface area contributed by atoms with Crippen LogP contribution in [0.4, 0.5) is 13.2 Å². The van der Waals surface area contributed by atoms with Gasteiger partial charge in [-0.15, -0.1) is 10.2 Å². The van der Waals surface area contributed by atoms with E-state index in [0.717, 1.165) is 21.9 Å². The van der Waals surface area contributed by atoms with Gasteiger partial charge in [-0.1, -0.05) is 23.9 Å². The summed E-state index contributed by atoms with van der Waals surface area (Å²) in [6, 6.07) is 12.1. The van der Waals surface area contributed by atoms with Gasteiger partial charge >= 0.3 is 6.18 Å². The Morgan fingerprint density at radius 1 is 1.04 bits per heavy atom. The van der Waals surface area contributed by atoms with E-state index in [1.54, 1.807) is 36.4 Å². The van der Waals surface area contributed by atoms with E-state index in [1.165, 1.54) is 12.4 Å². The first-order valence-electron chi connectivity index (χ1n) is 7.48. The molecule has 1 aromatic carbocycles. The lowest BCUT2D eigenvalue weighted by molar-refractivity contribution is -0.141. The molecule has 0 fully saturated rings. The maximum atomic E-state index is 13.0. The van der Waals surface area contributed by atoms with Gasteiger partial charge in [0.2, 0.25) is 0 Å². The first-order chi connectivity index (χ1) is 12.5. The number of hydrogen-bond acceptors (Lipinski definition) is 5. The summed E-state index contributed by atoms with van der Waals surface area (Å²) in [4.78, 5) is 3.86. The van der Waals surface area contributed by atoms with Crippen LogP contribution in [0.1, 0.15) is 11.1 Å². The molecule has 2 aromatic heterocycles. The minimum Gasteiger partial charge on any atom is -0.293 e. The van der Waals surface area contributed by atoms with Crippen LogP contribution in [0, 0.1) is 11.3 Å². The number of rotatable bonds is 5. The van der Waals surface area contributed by atoms with Gasteiger partial charge in [-0.25, -0.2) is 0 Å². The number of thioether (sulfide) groups is 1. The van der Waals surface area contributed by atoms with E-state index in [9.17, 15) is 13.2 Å². The Labute approximate surface area is 151 Å². The topological polar surface area (TPSA) is 67.4 Å². The van der Waals surface area contributed by atoms with Crippen molar-refractivity contribution in [1.82, 2.24) is 19.7 Å². The second-order valence-corrected chi connectivity index (χ2v) is 6.28. The van der Waals surface area contributed by atoms with Crippen LogP contribution in [0.25, 0.3) is 11.4 Å². The lowest BCUT2D eigenvalue weighted by Crippen LogP contribution is -2.19. The molecule has 2 heterocycles. The second kappa shape index (κ2) is 7.58. The highest BCUT2D eigenvalue weighted by atomic mass is 32.2. The molecule has 3 aromatic rings. The number of pyridine rings is 1. The zero-order valence-electron chi connectivity index (χ0n) is 13.3. The van der Waals surface area contributed by atoms with E-state index in [1.807, 2.05) is 6.07 Å². The van der Waals surface area contributed by atoms with Crippen molar-refractivity contribution in [2.24, 2.45) is 0 Å². The van der Waals surface area contributed by atoms with Crippen LogP contribution in [0.15, 0.2) is 53.9 Å². The molecule has 0 bridgehead atoms. The molecule has 0 aliphatic carbocycles. The molecule has 132 valence electrons. The van der Waals surface area contributed by atoms with Crippen molar-refractivity contribution in [3.8, 4) is 17.5 Å². The lowest BCUT2D eigenvalue weighted by atomic mass is 10.2. The Morgan fingerprint density at radius 3 is 2.35 bits per heavy atom. The third kappa shape index (κ3) is 4.40. The molecule has 0 atom stereocenters. The van der Waals surface area contributed by atoms with E-state index in [2.05, 4.69) is 15.2 Å². The Bertz CT molecular complexity index is 914. The van der Waals surface area contributed by atoms with E-state index in [0.29, 0.717) is 16.9 Å². The van der Waals surface area contributed by atoms with Crippen LogP contribution >= 0.6 is 11.8 Å². The van der Waals surface area contributed by atoms with Crippen LogP contribution in [-0.2, 0) is 12.3 Å². The van der Waals surface area contributed by atoms with E-state index in [-0.39, 0.29) is 11.0 Å². The molecule has 5 nitrogen and oxygen atoms in total. The summed E-state index contributed by atoms with van der Waals surface area (Å²) in [5.41, 5.74) is 1.92. The molecule has 0 unspecified atom stereocenters. The molecule has 0 spiro atoms. The summed E-state index contributed by atoms with van der Waals surface area (Å²) < 4.78 is 40.1. The fraction of sp³-hybridized carbons (Fsp3) is 0.176. The van der Waals surface area contributed by atoms with E-state index >= 15 is 0 Å². The van der Waals surface area contributed by atoms with Crippen molar-refractivity contribution >= 4 is 11.8 Å². The van der Waals surface area contributed by atoms with Gasteiger partial charge in [0.1, 0.15) is 6.54 Å². The Morgan fingerprint density at radius 2 is 1.73 bits per heavy atom. The van der Waals surface area contributed by atoms with Gasteiger partial charge in [-0.3, -0.25) is 9.55 Å². The van der Waals surface area contributed by atoms with Gasteiger partial charge in [-0.2, -0.15) is 18.4 Å². The van der Waals surface area contributed by atoms with Gasteiger partial charge in [-0.05, 0) is 29.8 Å². The summed E-state index contributed by atoms with van der Waals surface area (Å²) in [5, 5.41) is 16.8. The van der Waals surface area contributed by atoms with Crippen molar-refractivity contribution < 1.29 is 13.2 Å². The summed E-state index contributed by atoms with van der Waals surface area (Å²) in [5.74, 6) is 0.560. The summed E-state index contributed by atoms with van der Waals surface area (Å²) in [6.07, 6.45) is -1.41. The standard InChI is InChI=1S/C17H12F3N5S/c18-17(19,20)11-25-15(14-5-7-22-8-6-14)23-24-16(25)26-10-13-3-1-12(9-21)2-4-13/h1-8H,10-11H2. The van der Waals surface area contributed by atoms with Gasteiger partial charge < -0.3 is 0 Å². The molecule has 0 saturated carbocycles. The highest BCUT2D eigenvalue weighted by Crippen LogP contribution is 2.29. The van der Waals surface area contributed by atoms with Crippen LogP contribution in [0.2, 0.25) is 0 Å². The molecule has 3 rings (SSSR count). The second-order valence-electron chi connectivity index (χ2n) is 5.34. The van der Waals surface area contributed by atoms with Crippen LogP contribution in [0.5, 0.6) is 0 Å². The van der Waals surface area contributed by atoms with Crippen LogP contribution < -0.4 is 0 Å². The molecular formula is C17H12F3N5S. The zero-order valence-corrected chi connectivity index (χ0v) is 14.1. The quantitative estimate of drug-likeness (QED) is 0.629. The average Bonchev–Trinajstić information content (AvgIpc) is 3.02. The largest absolute Gasteiger partial charge is 0.406 e. The Balaban J connectivity index is 1.86. The first kappa shape index (κ1) is 17.9. The molecule has 0 aliphatic heterocycles. The lowest BCUT2D eigenvalue weighted by Gasteiger charge is -2.12. The molecule has 0 aliphatic rings. The minimum atomic E-state index is -4.39. The number of alkyl halides is 3. The average molecular weight is 375 g/mol. The highest BCUT2D eigenvalue weighted by molar-refractivity contribution is 7.98. The predicted molar refractivity (Wildman–Crippen MR) is 90.0 cm³/mol. The zero-order chi connectivity index (χ0) is 18.6. The smallest absolute Gasteiger partial charge is 0.293 e. The summed E-state index contributed by atoms with van der Waals surface area (Å²) in [6.45, 7) is -1.17. The predicted octanol–water partition coefficient (Wildman–Crippen LogP) is 4.07. The van der Waals surface area contributed by atoms with Crippen molar-refractivity contribution in [2.75, 3.05) is 0 Å². The summed E-state index contributed by atoms with van der Waals surface area (Å²) in [7, 11) is 0. The van der Waals surface area contributed by atoms with Crippen molar-refractivity contribution in [2.45, 2.75) is 23.6 Å². The number of hydrogen-bond donors (Lipinski definition) is 0. The highest BCUT2D eigenvalue weighted by Gasteiger charge is 2.31. The normalized spacial score (nSPS) is 11.3. The summed E-state index contributed by atoms with van der Waals surface area (Å²) >= 11 is 1.16. The van der Waals surface area contributed by atoms with Crippen LogP contribution in [0.3, 0.4) is 0 Å². The van der Waals surface area contributed by atoms with Crippen LogP contribution in [-0.4, -0.2) is 25.9 Å². The molecule has 9 heteroatoms. The van der Waals surface area contributed by atoms with Gasteiger partial charge in [0.05, 0.1) is 11.6 Å². The maximum absolute atomic E-state index is 13.0. The third-order valence-electron chi connectivity index (χ3n) is 3.44. The van der Waals surface area contributed by atoms with Gasteiger partial charge in [0, 0.05) is 23.7 Å². The number of nitriles is 1. The molecule has 0 saturated heterocycles. The first-order valence-corrected chi connectivity index (χ1v) is 8.47. The molecule has 0 radical (unpaired) electrons. The van der Waals surface area contributed by atoms with E-state index < -0.39 is 12.7 Å². The number of nitrogens with zero attached hydrogens (tertiary/aromatic N) is 5. The van der Waals surface area contributed by atoms with E-state index in [4.69, 9.17) is 5.26 Å². The number of benzene rings is 1. The SMILES string of the molecule is N#Cc1ccc(CSc2nnc(-c3ccncc3)n2CC(F)(F)F)cc1. The van der Waals surface area contributed by atoms with Crippen molar-refractivity contribution in [3.05, 3.63) is 59.9 Å². The minimum absolute atomic E-state index is 0.145. The number of halogens is 3. The Hall–Kier alpha value is -2.86. The fourth-order valence-corrected chi connectivity index (χ4v) is 3.15. The molecular weight excluding hydrogens is 363 g/mol. The Kier molecular flexibility index (Phi) is 5.23. The monoisotopic (exact) mass is 375 g/mol. The number of aromatic nitrogens is 4. The molecule has 26 heavy (non-hydrogen) atoms. The van der Waals surface area contributed by atoms with Crippen molar-refractivity contribution in [1.29, 1.82) is 5.26 Å². The molecule has 0 N–H and O–H groups in total.